The van der Waals surface area contributed by atoms with E-state index in [1.807, 2.05) is 6.07 Å². The fourth-order valence-corrected chi connectivity index (χ4v) is 3.85. The van der Waals surface area contributed by atoms with Gasteiger partial charge in [0.15, 0.2) is 0 Å². The number of fused-ring (bicyclic) bond motifs is 2. The minimum Gasteiger partial charge on any atom is -0.482 e. The normalized spacial score (nSPS) is 25.5. The van der Waals surface area contributed by atoms with Crippen LogP contribution in [0.4, 0.5) is 5.69 Å². The predicted octanol–water partition coefficient (Wildman–Crippen LogP) is 5.48. The van der Waals surface area contributed by atoms with Gasteiger partial charge in [0, 0.05) is 5.92 Å². The molecule has 2 aromatic rings. The highest BCUT2D eigenvalue weighted by Crippen LogP contribution is 2.38. The van der Waals surface area contributed by atoms with Crippen LogP contribution in [0.3, 0.4) is 0 Å². The van der Waals surface area contributed by atoms with Gasteiger partial charge in [-0.05, 0) is 41.3 Å². The number of anilines is 1. The summed E-state index contributed by atoms with van der Waals surface area (Å²) in [7, 11) is 0. The smallest absolute Gasteiger partial charge is 0.143 e. The maximum atomic E-state index is 6.39. The maximum Gasteiger partial charge on any atom is 0.143 e. The average Bonchev–Trinajstić information content (AvgIpc) is 2.73. The van der Waals surface area contributed by atoms with Gasteiger partial charge in [0.25, 0.3) is 0 Å². The molecule has 0 radical (unpaired) electrons. The van der Waals surface area contributed by atoms with Gasteiger partial charge < -0.3 is 10.1 Å². The highest BCUT2D eigenvalue weighted by atomic mass is 16.5. The van der Waals surface area contributed by atoms with Crippen molar-refractivity contribution in [1.82, 2.24) is 0 Å². The maximum absolute atomic E-state index is 6.39. The number of allylic oxidation sites excluding steroid dienone is 6. The molecule has 2 aliphatic carbocycles. The van der Waals surface area contributed by atoms with Gasteiger partial charge in [-0.15, -0.1) is 0 Å². The third kappa shape index (κ3) is 2.78. The zero-order chi connectivity index (χ0) is 17.3. The third-order valence-corrected chi connectivity index (χ3v) is 5.29. The lowest BCUT2D eigenvalue weighted by atomic mass is 9.91. The van der Waals surface area contributed by atoms with Crippen molar-refractivity contribution in [2.45, 2.75) is 24.5 Å². The molecular weight excluding hydrogens is 318 g/mol. The van der Waals surface area contributed by atoms with Crippen LogP contribution >= 0.6 is 0 Å². The van der Waals surface area contributed by atoms with Gasteiger partial charge in [-0.3, -0.25) is 0 Å². The molecule has 5 rings (SSSR count). The van der Waals surface area contributed by atoms with E-state index in [-0.39, 0.29) is 12.1 Å². The van der Waals surface area contributed by atoms with Crippen LogP contribution in [0.2, 0.25) is 0 Å². The minimum absolute atomic E-state index is 0.0137. The monoisotopic (exact) mass is 339 g/mol. The quantitative estimate of drug-likeness (QED) is 0.782. The summed E-state index contributed by atoms with van der Waals surface area (Å²) < 4.78 is 6.39. The predicted molar refractivity (Wildman–Crippen MR) is 107 cm³/mol. The van der Waals surface area contributed by atoms with E-state index >= 15 is 0 Å². The highest BCUT2D eigenvalue weighted by molar-refractivity contribution is 5.77. The summed E-state index contributed by atoms with van der Waals surface area (Å²) in [5, 5.41) is 3.61. The molecular formula is C24H21NO. The standard InChI is InChI=1S/C24H21NO/c1-3-7-17(8-4-1)19-11-13-21-23(15-19)26-24-16-20(12-14-22(24)25-21)18-9-5-2-6-10-18/h1-9,11-16,18,21,23,25H,10H2. The van der Waals surface area contributed by atoms with Gasteiger partial charge in [-0.1, -0.05) is 72.9 Å². The van der Waals surface area contributed by atoms with E-state index < -0.39 is 0 Å². The molecule has 0 fully saturated rings. The Kier molecular flexibility index (Phi) is 3.75. The first-order valence-electron chi connectivity index (χ1n) is 9.23. The lowest BCUT2D eigenvalue weighted by Crippen LogP contribution is -2.40. The van der Waals surface area contributed by atoms with E-state index in [0.717, 1.165) is 17.9 Å². The number of hydrogen-bond acceptors (Lipinski definition) is 2. The van der Waals surface area contributed by atoms with Crippen molar-refractivity contribution in [3.63, 3.8) is 0 Å². The Bertz CT molecular complexity index is 936. The molecule has 3 atom stereocenters. The Balaban J connectivity index is 1.43. The van der Waals surface area contributed by atoms with Crippen molar-refractivity contribution in [3.05, 3.63) is 102 Å². The number of hydrogen-bond donors (Lipinski definition) is 1. The number of nitrogens with one attached hydrogen (secondary N) is 1. The van der Waals surface area contributed by atoms with Crippen molar-refractivity contribution in [1.29, 1.82) is 0 Å². The van der Waals surface area contributed by atoms with Gasteiger partial charge in [0.1, 0.15) is 11.9 Å². The topological polar surface area (TPSA) is 21.3 Å². The van der Waals surface area contributed by atoms with Crippen LogP contribution < -0.4 is 10.1 Å². The van der Waals surface area contributed by atoms with Crippen LogP contribution in [0.25, 0.3) is 5.57 Å². The molecule has 0 aromatic heterocycles. The molecule has 1 N–H and O–H groups in total. The fourth-order valence-electron chi connectivity index (χ4n) is 3.85. The van der Waals surface area contributed by atoms with Crippen molar-refractivity contribution in [3.8, 4) is 5.75 Å². The third-order valence-electron chi connectivity index (χ3n) is 5.29. The van der Waals surface area contributed by atoms with Crippen LogP contribution in [0.5, 0.6) is 5.75 Å². The first-order valence-corrected chi connectivity index (χ1v) is 9.23. The van der Waals surface area contributed by atoms with Crippen LogP contribution in [0, 0.1) is 0 Å². The molecule has 2 aromatic carbocycles. The van der Waals surface area contributed by atoms with Gasteiger partial charge in [0.05, 0.1) is 11.7 Å². The highest BCUT2D eigenvalue weighted by Gasteiger charge is 2.29. The lowest BCUT2D eigenvalue weighted by molar-refractivity contribution is 0.229. The van der Waals surface area contributed by atoms with Crippen LogP contribution in [0.1, 0.15) is 23.5 Å². The number of rotatable bonds is 2. The zero-order valence-electron chi connectivity index (χ0n) is 14.5. The molecule has 2 heteroatoms. The lowest BCUT2D eigenvalue weighted by Gasteiger charge is -2.34. The summed E-state index contributed by atoms with van der Waals surface area (Å²) in [6.45, 7) is 0. The summed E-state index contributed by atoms with van der Waals surface area (Å²) in [6.07, 6.45) is 16.4. The van der Waals surface area contributed by atoms with Crippen LogP contribution in [0.15, 0.2) is 91.1 Å². The average molecular weight is 339 g/mol. The Morgan fingerprint density at radius 3 is 2.73 bits per heavy atom. The van der Waals surface area contributed by atoms with Gasteiger partial charge in [-0.2, -0.15) is 0 Å². The summed E-state index contributed by atoms with van der Waals surface area (Å²) in [6, 6.07) is 17.2. The molecule has 1 heterocycles. The first-order chi connectivity index (χ1) is 12.9. The Hall–Kier alpha value is -3.00. The van der Waals surface area contributed by atoms with Crippen LogP contribution in [-0.2, 0) is 0 Å². The van der Waals surface area contributed by atoms with Gasteiger partial charge in [-0.25, -0.2) is 0 Å². The van der Waals surface area contributed by atoms with E-state index in [1.165, 1.54) is 16.7 Å². The second-order valence-electron chi connectivity index (χ2n) is 7.01. The van der Waals surface area contributed by atoms with Crippen molar-refractivity contribution < 1.29 is 4.74 Å². The summed E-state index contributed by atoms with van der Waals surface area (Å²) >= 11 is 0. The molecule has 0 amide bonds. The van der Waals surface area contributed by atoms with Crippen molar-refractivity contribution in [2.75, 3.05) is 5.32 Å². The Morgan fingerprint density at radius 2 is 1.88 bits per heavy atom. The molecule has 0 saturated heterocycles. The van der Waals surface area contributed by atoms with Crippen molar-refractivity contribution >= 4 is 11.3 Å². The molecule has 3 aliphatic rings. The summed E-state index contributed by atoms with van der Waals surface area (Å²) in [4.78, 5) is 0. The summed E-state index contributed by atoms with van der Waals surface area (Å²) in [5.74, 6) is 1.39. The molecule has 0 spiro atoms. The SMILES string of the molecule is C1=CCC(c2ccc3c(c2)OC2C=C(c4ccccc4)C=CC2N3)C=C1. The van der Waals surface area contributed by atoms with E-state index in [2.05, 4.69) is 90.3 Å². The molecule has 0 saturated carbocycles. The van der Waals surface area contributed by atoms with E-state index in [9.17, 15) is 0 Å². The first kappa shape index (κ1) is 15.3. The molecule has 0 bridgehead atoms. The Labute approximate surface area is 154 Å². The second kappa shape index (κ2) is 6.38. The number of benzene rings is 2. The Morgan fingerprint density at radius 1 is 0.962 bits per heavy atom. The fraction of sp³-hybridized carbons (Fsp3) is 0.167. The molecule has 26 heavy (non-hydrogen) atoms. The van der Waals surface area contributed by atoms with E-state index in [1.54, 1.807) is 0 Å². The minimum atomic E-state index is 0.0137. The number of ether oxygens (including phenoxy) is 1. The van der Waals surface area contributed by atoms with Gasteiger partial charge >= 0.3 is 0 Å². The largest absolute Gasteiger partial charge is 0.482 e. The second-order valence-corrected chi connectivity index (χ2v) is 7.01. The summed E-state index contributed by atoms with van der Waals surface area (Å²) in [5.41, 5.74) is 4.83. The van der Waals surface area contributed by atoms with Crippen LogP contribution in [-0.4, -0.2) is 12.1 Å². The molecule has 2 nitrogen and oxygen atoms in total. The molecule has 3 unspecified atom stereocenters. The van der Waals surface area contributed by atoms with Gasteiger partial charge in [0.2, 0.25) is 0 Å². The zero-order valence-corrected chi connectivity index (χ0v) is 14.5. The molecule has 1 aliphatic heterocycles. The van der Waals surface area contributed by atoms with E-state index in [4.69, 9.17) is 4.74 Å². The molecule has 128 valence electrons. The van der Waals surface area contributed by atoms with Crippen molar-refractivity contribution in [2.24, 2.45) is 0 Å². The van der Waals surface area contributed by atoms with E-state index in [0.29, 0.717) is 5.92 Å².